The molecule has 25 heavy (non-hydrogen) atoms. The molecule has 0 bridgehead atoms. The number of benzene rings is 2. The van der Waals surface area contributed by atoms with Crippen LogP contribution in [0.3, 0.4) is 0 Å². The van der Waals surface area contributed by atoms with Gasteiger partial charge in [-0.05, 0) is 49.0 Å². The highest BCUT2D eigenvalue weighted by Crippen LogP contribution is 2.29. The molecule has 7 heteroatoms. The first-order valence-corrected chi connectivity index (χ1v) is 9.37. The first-order chi connectivity index (χ1) is 11.9. The van der Waals surface area contributed by atoms with E-state index in [1.165, 1.54) is 24.4 Å². The zero-order valence-corrected chi connectivity index (χ0v) is 15.0. The Bertz CT molecular complexity index is 1020. The number of rotatable bonds is 5. The van der Waals surface area contributed by atoms with E-state index in [4.69, 9.17) is 11.6 Å². The largest absolute Gasteiger partial charge is 0.316 e. The van der Waals surface area contributed by atoms with Crippen LogP contribution in [0.25, 0.3) is 11.3 Å². The molecule has 130 valence electrons. The third-order valence-corrected chi connectivity index (χ3v) is 5.63. The van der Waals surface area contributed by atoms with E-state index in [-0.39, 0.29) is 16.2 Å². The van der Waals surface area contributed by atoms with Gasteiger partial charge in [0.15, 0.2) is 0 Å². The highest BCUT2D eigenvalue weighted by Gasteiger charge is 2.23. The quantitative estimate of drug-likeness (QED) is 0.732. The number of halogens is 2. The molecule has 0 unspecified atom stereocenters. The molecule has 0 aliphatic carbocycles. The fourth-order valence-electron chi connectivity index (χ4n) is 2.60. The predicted octanol–water partition coefficient (Wildman–Crippen LogP) is 3.90. The maximum atomic E-state index is 14.3. The van der Waals surface area contributed by atoms with Crippen molar-refractivity contribution >= 4 is 21.6 Å². The van der Waals surface area contributed by atoms with E-state index in [1.54, 1.807) is 43.4 Å². The molecule has 1 aromatic heterocycles. The van der Waals surface area contributed by atoms with Gasteiger partial charge in [-0.25, -0.2) is 16.8 Å². The standard InChI is InChI=1S/C18H16ClFN2O2S/c1-21-11-13-9-18(16-7-2-3-8-17(16)20)22(12-13)25(23,24)15-6-4-5-14(19)10-15/h2-10,12,21H,11H2,1H3. The van der Waals surface area contributed by atoms with Crippen LogP contribution in [-0.4, -0.2) is 19.4 Å². The van der Waals surface area contributed by atoms with Crippen LogP contribution < -0.4 is 5.32 Å². The van der Waals surface area contributed by atoms with Crippen molar-refractivity contribution in [3.8, 4) is 11.3 Å². The van der Waals surface area contributed by atoms with Crippen molar-refractivity contribution in [3.05, 3.63) is 77.2 Å². The summed E-state index contributed by atoms with van der Waals surface area (Å²) in [6, 6.07) is 13.7. The molecular weight excluding hydrogens is 363 g/mol. The number of hydrogen-bond acceptors (Lipinski definition) is 3. The second-order valence-corrected chi connectivity index (χ2v) is 7.75. The van der Waals surface area contributed by atoms with Gasteiger partial charge in [-0.1, -0.05) is 29.8 Å². The minimum atomic E-state index is -3.92. The van der Waals surface area contributed by atoms with Crippen molar-refractivity contribution in [1.29, 1.82) is 0 Å². The van der Waals surface area contributed by atoms with Crippen LogP contribution in [0.15, 0.2) is 65.7 Å². The molecule has 1 N–H and O–H groups in total. The molecule has 0 aliphatic heterocycles. The Morgan fingerprint density at radius 2 is 1.88 bits per heavy atom. The van der Waals surface area contributed by atoms with E-state index in [0.717, 1.165) is 9.54 Å². The summed E-state index contributed by atoms with van der Waals surface area (Å²) in [7, 11) is -2.16. The van der Waals surface area contributed by atoms with Crippen LogP contribution in [0, 0.1) is 5.82 Å². The Labute approximate surface area is 150 Å². The molecular formula is C18H16ClFN2O2S. The first kappa shape index (κ1) is 17.7. The summed E-state index contributed by atoms with van der Waals surface area (Å²) in [4.78, 5) is 0.0456. The van der Waals surface area contributed by atoms with Crippen molar-refractivity contribution in [1.82, 2.24) is 9.29 Å². The molecule has 2 aromatic carbocycles. The number of hydrogen-bond donors (Lipinski definition) is 1. The monoisotopic (exact) mass is 378 g/mol. The predicted molar refractivity (Wildman–Crippen MR) is 96.6 cm³/mol. The van der Waals surface area contributed by atoms with Gasteiger partial charge in [-0.2, -0.15) is 0 Å². The third kappa shape index (κ3) is 3.46. The number of nitrogens with zero attached hydrogens (tertiary/aromatic N) is 1. The summed E-state index contributed by atoms with van der Waals surface area (Å²) in [6.07, 6.45) is 1.49. The van der Waals surface area contributed by atoms with Gasteiger partial charge in [0.05, 0.1) is 10.6 Å². The average molecular weight is 379 g/mol. The van der Waals surface area contributed by atoms with E-state index in [0.29, 0.717) is 11.6 Å². The molecule has 0 saturated carbocycles. The van der Waals surface area contributed by atoms with Crippen molar-refractivity contribution in [3.63, 3.8) is 0 Å². The summed E-state index contributed by atoms with van der Waals surface area (Å²) in [5.74, 6) is -0.487. The van der Waals surface area contributed by atoms with Gasteiger partial charge in [-0.15, -0.1) is 0 Å². The smallest absolute Gasteiger partial charge is 0.268 e. The van der Waals surface area contributed by atoms with Crippen LogP contribution in [-0.2, 0) is 16.6 Å². The lowest BCUT2D eigenvalue weighted by atomic mass is 10.1. The molecule has 0 aliphatic rings. The summed E-state index contributed by atoms with van der Waals surface area (Å²) < 4.78 is 41.5. The Morgan fingerprint density at radius 1 is 1.12 bits per heavy atom. The Morgan fingerprint density at radius 3 is 2.56 bits per heavy atom. The first-order valence-electron chi connectivity index (χ1n) is 7.55. The van der Waals surface area contributed by atoms with E-state index in [1.807, 2.05) is 0 Å². The molecule has 3 rings (SSSR count). The SMILES string of the molecule is CNCc1cc(-c2ccccc2F)n(S(=O)(=O)c2cccc(Cl)c2)c1. The van der Waals surface area contributed by atoms with Crippen LogP contribution in [0.4, 0.5) is 4.39 Å². The van der Waals surface area contributed by atoms with E-state index in [9.17, 15) is 12.8 Å². The molecule has 1 heterocycles. The summed E-state index contributed by atoms with van der Waals surface area (Å²) in [6.45, 7) is 0.458. The maximum Gasteiger partial charge on any atom is 0.268 e. The molecule has 0 saturated heterocycles. The molecule has 0 fully saturated rings. The van der Waals surface area contributed by atoms with Gasteiger partial charge in [0.2, 0.25) is 0 Å². The normalized spacial score (nSPS) is 11.6. The molecule has 0 amide bonds. The summed E-state index contributed by atoms with van der Waals surface area (Å²) in [5.41, 5.74) is 1.21. The lowest BCUT2D eigenvalue weighted by Gasteiger charge is -2.11. The van der Waals surface area contributed by atoms with Crippen LogP contribution >= 0.6 is 11.6 Å². The van der Waals surface area contributed by atoms with Gasteiger partial charge >= 0.3 is 0 Å². The number of nitrogens with one attached hydrogen (secondary N) is 1. The van der Waals surface area contributed by atoms with Crippen LogP contribution in [0.2, 0.25) is 5.02 Å². The van der Waals surface area contributed by atoms with Gasteiger partial charge in [0.25, 0.3) is 10.0 Å². The Kier molecular flexibility index (Phi) is 4.94. The third-order valence-electron chi connectivity index (χ3n) is 3.73. The highest BCUT2D eigenvalue weighted by molar-refractivity contribution is 7.90. The minimum Gasteiger partial charge on any atom is -0.316 e. The average Bonchev–Trinajstić information content (AvgIpc) is 3.00. The van der Waals surface area contributed by atoms with Crippen LogP contribution in [0.5, 0.6) is 0 Å². The minimum absolute atomic E-state index is 0.0456. The van der Waals surface area contributed by atoms with Gasteiger partial charge in [0.1, 0.15) is 5.82 Å². The van der Waals surface area contributed by atoms with Crippen molar-refractivity contribution in [2.45, 2.75) is 11.4 Å². The zero-order valence-electron chi connectivity index (χ0n) is 13.4. The molecule has 0 spiro atoms. The number of aromatic nitrogens is 1. The van der Waals surface area contributed by atoms with Crippen molar-refractivity contribution < 1.29 is 12.8 Å². The maximum absolute atomic E-state index is 14.3. The van der Waals surface area contributed by atoms with Crippen molar-refractivity contribution in [2.24, 2.45) is 0 Å². The van der Waals surface area contributed by atoms with Crippen molar-refractivity contribution in [2.75, 3.05) is 7.05 Å². The fourth-order valence-corrected chi connectivity index (χ4v) is 4.30. The van der Waals surface area contributed by atoms with Gasteiger partial charge < -0.3 is 5.32 Å². The Hall–Kier alpha value is -2.15. The summed E-state index contributed by atoms with van der Waals surface area (Å²) in [5, 5.41) is 3.28. The molecule has 0 radical (unpaired) electrons. The van der Waals surface area contributed by atoms with Gasteiger partial charge in [0, 0.05) is 23.3 Å². The zero-order chi connectivity index (χ0) is 18.0. The highest BCUT2D eigenvalue weighted by atomic mass is 35.5. The molecule has 4 nitrogen and oxygen atoms in total. The lowest BCUT2D eigenvalue weighted by Crippen LogP contribution is -2.13. The van der Waals surface area contributed by atoms with E-state index in [2.05, 4.69) is 5.32 Å². The fraction of sp³-hybridized carbons (Fsp3) is 0.111. The second kappa shape index (κ2) is 7.00. The molecule has 3 aromatic rings. The van der Waals surface area contributed by atoms with E-state index < -0.39 is 15.8 Å². The topological polar surface area (TPSA) is 51.1 Å². The second-order valence-electron chi connectivity index (χ2n) is 5.50. The lowest BCUT2D eigenvalue weighted by molar-refractivity contribution is 0.587. The Balaban J connectivity index is 2.23. The molecule has 0 atom stereocenters. The summed E-state index contributed by atoms with van der Waals surface area (Å²) >= 11 is 5.93. The van der Waals surface area contributed by atoms with E-state index >= 15 is 0 Å². The van der Waals surface area contributed by atoms with Crippen LogP contribution in [0.1, 0.15) is 5.56 Å². The van der Waals surface area contributed by atoms with Gasteiger partial charge in [-0.3, -0.25) is 0 Å².